The molecule has 0 radical (unpaired) electrons. The van der Waals surface area contributed by atoms with Gasteiger partial charge >= 0.3 is 0 Å². The number of rotatable bonds is 4. The summed E-state index contributed by atoms with van der Waals surface area (Å²) in [5.74, 6) is 0.0208. The van der Waals surface area contributed by atoms with E-state index in [2.05, 4.69) is 18.7 Å². The molecule has 4 nitrogen and oxygen atoms in total. The molecule has 0 unspecified atom stereocenters. The molecule has 1 aliphatic heterocycles. The number of likely N-dealkylation sites (tertiary alicyclic amines) is 1. The maximum atomic E-state index is 11.4. The highest BCUT2D eigenvalue weighted by atomic mass is 16.2. The van der Waals surface area contributed by atoms with E-state index in [4.69, 9.17) is 0 Å². The first-order valence-electron chi connectivity index (χ1n) is 5.24. The van der Waals surface area contributed by atoms with Gasteiger partial charge in [0.1, 0.15) is 0 Å². The molecule has 0 aromatic heterocycles. The number of Topliss-reactive ketones (excluding diaryl/α,β-unsaturated/α-hetero) is 1. The van der Waals surface area contributed by atoms with Gasteiger partial charge in [0.15, 0.2) is 5.78 Å². The van der Waals surface area contributed by atoms with E-state index in [9.17, 15) is 9.59 Å². The Bertz CT molecular complexity index is 272. The monoisotopic (exact) mass is 212 g/mol. The molecule has 1 fully saturated rings. The minimum atomic E-state index is -0.0215. The van der Waals surface area contributed by atoms with Crippen LogP contribution in [0.25, 0.3) is 0 Å². The first-order valence-corrected chi connectivity index (χ1v) is 5.24. The highest BCUT2D eigenvalue weighted by molar-refractivity contribution is 6.05. The van der Waals surface area contributed by atoms with Crippen molar-refractivity contribution in [2.75, 3.05) is 33.7 Å². The maximum Gasteiger partial charge on any atom is 0.230 e. The Labute approximate surface area is 91.2 Å². The summed E-state index contributed by atoms with van der Waals surface area (Å²) in [4.78, 5) is 26.3. The van der Waals surface area contributed by atoms with Crippen molar-refractivity contribution in [3.8, 4) is 0 Å². The van der Waals surface area contributed by atoms with Crippen molar-refractivity contribution in [2.24, 2.45) is 5.41 Å². The third-order valence-corrected chi connectivity index (χ3v) is 2.43. The molecule has 15 heavy (non-hydrogen) atoms. The molecule has 1 amide bonds. The summed E-state index contributed by atoms with van der Waals surface area (Å²) in [6.07, 6.45) is 0.0953. The zero-order valence-electron chi connectivity index (χ0n) is 10.0. The lowest BCUT2D eigenvalue weighted by Crippen LogP contribution is -2.40. The molecule has 4 heteroatoms. The first-order chi connectivity index (χ1) is 6.80. The topological polar surface area (TPSA) is 40.6 Å². The van der Waals surface area contributed by atoms with Crippen LogP contribution in [0.5, 0.6) is 0 Å². The van der Waals surface area contributed by atoms with Crippen LogP contribution in [-0.4, -0.2) is 55.2 Å². The zero-order valence-corrected chi connectivity index (χ0v) is 10.0. The lowest BCUT2D eigenvalue weighted by molar-refractivity contribution is -0.129. The molecule has 0 aliphatic carbocycles. The van der Waals surface area contributed by atoms with Gasteiger partial charge in [-0.15, -0.1) is 0 Å². The first kappa shape index (κ1) is 12.2. The van der Waals surface area contributed by atoms with E-state index in [-0.39, 0.29) is 23.5 Å². The smallest absolute Gasteiger partial charge is 0.230 e. The van der Waals surface area contributed by atoms with Crippen LogP contribution in [0.2, 0.25) is 0 Å². The lowest BCUT2D eigenvalue weighted by atomic mass is 9.92. The van der Waals surface area contributed by atoms with Gasteiger partial charge in [0, 0.05) is 13.1 Å². The number of hydrogen-bond acceptors (Lipinski definition) is 3. The second-order valence-corrected chi connectivity index (χ2v) is 5.37. The molecule has 0 spiro atoms. The van der Waals surface area contributed by atoms with Crippen molar-refractivity contribution in [1.82, 2.24) is 9.80 Å². The Hall–Kier alpha value is -0.900. The Morgan fingerprint density at radius 2 is 1.93 bits per heavy atom. The molecule has 86 valence electrons. The highest BCUT2D eigenvalue weighted by Gasteiger charge is 2.32. The van der Waals surface area contributed by atoms with Crippen LogP contribution in [0.4, 0.5) is 0 Å². The van der Waals surface area contributed by atoms with Crippen molar-refractivity contribution >= 4 is 11.7 Å². The molecule has 0 aromatic rings. The molecule has 0 atom stereocenters. The molecular formula is C11H20N2O2. The summed E-state index contributed by atoms with van der Waals surface area (Å²) in [6, 6.07) is 0. The minimum Gasteiger partial charge on any atom is -0.334 e. The van der Waals surface area contributed by atoms with Crippen molar-refractivity contribution in [3.63, 3.8) is 0 Å². The molecule has 0 N–H and O–H groups in total. The number of carbonyl (C=O) groups excluding carboxylic acids is 2. The Morgan fingerprint density at radius 3 is 2.33 bits per heavy atom. The average Bonchev–Trinajstić information content (AvgIpc) is 2.25. The van der Waals surface area contributed by atoms with Gasteiger partial charge in [0.05, 0.1) is 13.0 Å². The summed E-state index contributed by atoms with van der Waals surface area (Å²) in [5, 5.41) is 0. The average molecular weight is 212 g/mol. The molecule has 1 heterocycles. The fourth-order valence-electron chi connectivity index (χ4n) is 2.20. The molecule has 0 saturated carbocycles. The van der Waals surface area contributed by atoms with Crippen LogP contribution in [0.15, 0.2) is 0 Å². The lowest BCUT2D eigenvalue weighted by Gasteiger charge is -2.32. The van der Waals surface area contributed by atoms with Gasteiger partial charge in [-0.25, -0.2) is 0 Å². The van der Waals surface area contributed by atoms with Crippen LogP contribution in [0, 0.1) is 5.41 Å². The van der Waals surface area contributed by atoms with Gasteiger partial charge in [-0.2, -0.15) is 0 Å². The van der Waals surface area contributed by atoms with Crippen LogP contribution in [-0.2, 0) is 9.59 Å². The number of nitrogens with zero attached hydrogens (tertiary/aromatic N) is 2. The quantitative estimate of drug-likeness (QED) is 0.632. The summed E-state index contributed by atoms with van der Waals surface area (Å²) < 4.78 is 0. The second-order valence-electron chi connectivity index (χ2n) is 5.37. The summed E-state index contributed by atoms with van der Waals surface area (Å²) >= 11 is 0. The number of amides is 1. The van der Waals surface area contributed by atoms with Gasteiger partial charge < -0.3 is 9.80 Å². The van der Waals surface area contributed by atoms with Gasteiger partial charge in [-0.1, -0.05) is 13.8 Å². The van der Waals surface area contributed by atoms with Crippen molar-refractivity contribution < 1.29 is 9.59 Å². The fraction of sp³-hybridized carbons (Fsp3) is 0.818. The Morgan fingerprint density at radius 1 is 1.33 bits per heavy atom. The van der Waals surface area contributed by atoms with E-state index in [0.717, 1.165) is 6.54 Å². The second kappa shape index (κ2) is 4.31. The molecule has 1 aliphatic rings. The minimum absolute atomic E-state index is 0.0215. The number of carbonyl (C=O) groups is 2. The van der Waals surface area contributed by atoms with E-state index < -0.39 is 0 Å². The van der Waals surface area contributed by atoms with Gasteiger partial charge in [-0.3, -0.25) is 9.59 Å². The predicted octanol–water partition coefficient (Wildman–Crippen LogP) is 0.376. The van der Waals surface area contributed by atoms with Crippen LogP contribution in [0.1, 0.15) is 20.3 Å². The number of hydrogen-bond donors (Lipinski definition) is 0. The van der Waals surface area contributed by atoms with Crippen LogP contribution in [0.3, 0.4) is 0 Å². The largest absolute Gasteiger partial charge is 0.334 e. The van der Waals surface area contributed by atoms with Gasteiger partial charge in [0.2, 0.25) is 5.91 Å². The van der Waals surface area contributed by atoms with E-state index >= 15 is 0 Å². The molecule has 0 aromatic carbocycles. The standard InChI is InChI=1S/C11H20N2O2/c1-11(2,7-12(3)4)8-13-6-9(14)5-10(13)15/h5-8H2,1-4H3. The van der Waals surface area contributed by atoms with E-state index in [1.807, 2.05) is 14.1 Å². The third-order valence-electron chi connectivity index (χ3n) is 2.43. The van der Waals surface area contributed by atoms with Gasteiger partial charge in [0.25, 0.3) is 0 Å². The molecule has 0 bridgehead atoms. The third kappa shape index (κ3) is 3.63. The SMILES string of the molecule is CN(C)CC(C)(C)CN1CC(=O)CC1=O. The summed E-state index contributed by atoms with van der Waals surface area (Å²) in [7, 11) is 4.03. The van der Waals surface area contributed by atoms with E-state index in [1.54, 1.807) is 4.90 Å². The van der Waals surface area contributed by atoms with Crippen molar-refractivity contribution in [3.05, 3.63) is 0 Å². The molecular weight excluding hydrogens is 192 g/mol. The summed E-state index contributed by atoms with van der Waals surface area (Å²) in [6.45, 7) is 6.10. The zero-order chi connectivity index (χ0) is 11.6. The Balaban J connectivity index is 2.53. The van der Waals surface area contributed by atoms with Crippen molar-refractivity contribution in [2.45, 2.75) is 20.3 Å². The molecule has 1 rings (SSSR count). The van der Waals surface area contributed by atoms with Crippen LogP contribution >= 0.6 is 0 Å². The predicted molar refractivity (Wildman–Crippen MR) is 58.5 cm³/mol. The van der Waals surface area contributed by atoms with E-state index in [1.165, 1.54) is 0 Å². The van der Waals surface area contributed by atoms with E-state index in [0.29, 0.717) is 13.1 Å². The summed E-state index contributed by atoms with van der Waals surface area (Å²) in [5.41, 5.74) is 0.0315. The maximum absolute atomic E-state index is 11.4. The van der Waals surface area contributed by atoms with Crippen molar-refractivity contribution in [1.29, 1.82) is 0 Å². The fourth-order valence-corrected chi connectivity index (χ4v) is 2.20. The highest BCUT2D eigenvalue weighted by Crippen LogP contribution is 2.20. The molecule has 1 saturated heterocycles. The Kier molecular flexibility index (Phi) is 3.50. The van der Waals surface area contributed by atoms with Crippen LogP contribution < -0.4 is 0 Å². The normalized spacial score (nSPS) is 18.1. The van der Waals surface area contributed by atoms with Gasteiger partial charge in [-0.05, 0) is 19.5 Å². The number of ketones is 1.